The summed E-state index contributed by atoms with van der Waals surface area (Å²) in [5.41, 5.74) is 5.21. The number of aromatic nitrogens is 2. The molecule has 8 heteroatoms. The number of carbonyl (C=O) groups is 1. The standard InChI is InChI=1S/C28H25FN4O2S/c1-16-7-8-22(23(29)10-16)19-11-20(25-14-27(35-33-25)24-6-4-5-9-30-24)13-21(12-19)28(34)31-17(2)26-15-36-18(3)32-26/h4-13,15,17,27H,14H2,1-3H3,(H,31,34). The fourth-order valence-electron chi connectivity index (χ4n) is 4.14. The molecule has 0 bridgehead atoms. The number of thiazole rings is 1. The summed E-state index contributed by atoms with van der Waals surface area (Å²) in [6, 6.07) is 15.8. The second kappa shape index (κ2) is 9.99. The fraction of sp³-hybridized carbons (Fsp3) is 0.214. The molecule has 0 aliphatic carbocycles. The highest BCUT2D eigenvalue weighted by Crippen LogP contribution is 2.32. The number of carbonyl (C=O) groups excluding carboxylic acids is 1. The van der Waals surface area contributed by atoms with Crippen molar-refractivity contribution < 1.29 is 14.0 Å². The van der Waals surface area contributed by atoms with Crippen LogP contribution in [0.3, 0.4) is 0 Å². The molecule has 1 N–H and O–H groups in total. The number of benzene rings is 2. The van der Waals surface area contributed by atoms with Crippen molar-refractivity contribution >= 4 is 23.0 Å². The van der Waals surface area contributed by atoms with Crippen LogP contribution in [-0.2, 0) is 4.84 Å². The lowest BCUT2D eigenvalue weighted by atomic mass is 9.94. The summed E-state index contributed by atoms with van der Waals surface area (Å²) in [6.07, 6.45) is 1.89. The van der Waals surface area contributed by atoms with Crippen molar-refractivity contribution in [1.29, 1.82) is 0 Å². The zero-order valence-electron chi connectivity index (χ0n) is 20.2. The lowest BCUT2D eigenvalue weighted by molar-refractivity contribution is 0.0826. The van der Waals surface area contributed by atoms with Crippen LogP contribution in [0.1, 0.15) is 63.4 Å². The van der Waals surface area contributed by atoms with Crippen LogP contribution in [-0.4, -0.2) is 21.6 Å². The maximum atomic E-state index is 14.9. The molecule has 5 rings (SSSR count). The van der Waals surface area contributed by atoms with Crippen molar-refractivity contribution in [2.45, 2.75) is 39.3 Å². The fourth-order valence-corrected chi connectivity index (χ4v) is 4.85. The van der Waals surface area contributed by atoms with Gasteiger partial charge in [0.25, 0.3) is 5.91 Å². The summed E-state index contributed by atoms with van der Waals surface area (Å²) in [6.45, 7) is 5.66. The Bertz CT molecular complexity index is 1450. The van der Waals surface area contributed by atoms with Crippen LogP contribution in [0.15, 0.2) is 71.3 Å². The average Bonchev–Trinajstić information content (AvgIpc) is 3.54. The molecular formula is C28H25FN4O2S. The number of rotatable bonds is 6. The first-order chi connectivity index (χ1) is 17.4. The minimum atomic E-state index is -0.346. The van der Waals surface area contributed by atoms with Gasteiger partial charge in [-0.2, -0.15) is 0 Å². The van der Waals surface area contributed by atoms with Gasteiger partial charge in [0.05, 0.1) is 28.1 Å². The molecule has 1 amide bonds. The van der Waals surface area contributed by atoms with E-state index >= 15 is 0 Å². The normalized spacial score (nSPS) is 15.8. The van der Waals surface area contributed by atoms with E-state index in [2.05, 4.69) is 20.4 Å². The van der Waals surface area contributed by atoms with E-state index in [0.29, 0.717) is 34.4 Å². The number of pyridine rings is 1. The van der Waals surface area contributed by atoms with Gasteiger partial charge >= 0.3 is 0 Å². The lowest BCUT2D eigenvalue weighted by Crippen LogP contribution is -2.27. The number of nitrogens with zero attached hydrogens (tertiary/aromatic N) is 3. The Morgan fingerprint density at radius 3 is 2.69 bits per heavy atom. The van der Waals surface area contributed by atoms with Gasteiger partial charge in [-0.1, -0.05) is 23.4 Å². The molecule has 2 aromatic heterocycles. The molecule has 0 fully saturated rings. The number of aryl methyl sites for hydroxylation is 2. The maximum absolute atomic E-state index is 14.9. The number of amides is 1. The number of hydrogen-bond acceptors (Lipinski definition) is 6. The summed E-state index contributed by atoms with van der Waals surface area (Å²) >= 11 is 1.54. The summed E-state index contributed by atoms with van der Waals surface area (Å²) in [7, 11) is 0. The SMILES string of the molecule is Cc1ccc(-c2cc(C(=O)NC(C)c3csc(C)n3)cc(C3=NOC(c4ccccn4)C3)c2)c(F)c1. The first kappa shape index (κ1) is 23.8. The van der Waals surface area contributed by atoms with Crippen molar-refractivity contribution in [3.63, 3.8) is 0 Å². The van der Waals surface area contributed by atoms with E-state index in [1.807, 2.05) is 56.5 Å². The summed E-state index contributed by atoms with van der Waals surface area (Å²) < 4.78 is 14.9. The predicted molar refractivity (Wildman–Crippen MR) is 139 cm³/mol. The molecule has 36 heavy (non-hydrogen) atoms. The second-order valence-electron chi connectivity index (χ2n) is 8.86. The van der Waals surface area contributed by atoms with Gasteiger partial charge in [0, 0.05) is 34.7 Å². The molecule has 0 spiro atoms. The maximum Gasteiger partial charge on any atom is 0.251 e. The smallest absolute Gasteiger partial charge is 0.251 e. The van der Waals surface area contributed by atoms with Gasteiger partial charge in [0.1, 0.15) is 5.82 Å². The predicted octanol–water partition coefficient (Wildman–Crippen LogP) is 6.32. The number of nitrogens with one attached hydrogen (secondary N) is 1. The van der Waals surface area contributed by atoms with E-state index in [1.165, 1.54) is 17.4 Å². The number of oxime groups is 1. The lowest BCUT2D eigenvalue weighted by Gasteiger charge is -2.14. The highest BCUT2D eigenvalue weighted by atomic mass is 32.1. The second-order valence-corrected chi connectivity index (χ2v) is 9.92. The summed E-state index contributed by atoms with van der Waals surface area (Å²) in [4.78, 5) is 27.8. The molecule has 3 heterocycles. The molecule has 1 aliphatic rings. The van der Waals surface area contributed by atoms with Crippen molar-refractivity contribution in [1.82, 2.24) is 15.3 Å². The molecule has 182 valence electrons. The van der Waals surface area contributed by atoms with Crippen LogP contribution in [0, 0.1) is 19.7 Å². The van der Waals surface area contributed by atoms with Gasteiger partial charge in [-0.15, -0.1) is 11.3 Å². The molecule has 0 saturated carbocycles. The minimum absolute atomic E-state index is 0.272. The monoisotopic (exact) mass is 500 g/mol. The third-order valence-electron chi connectivity index (χ3n) is 6.08. The van der Waals surface area contributed by atoms with E-state index in [-0.39, 0.29) is 23.9 Å². The van der Waals surface area contributed by atoms with E-state index in [0.717, 1.165) is 22.0 Å². The van der Waals surface area contributed by atoms with Gasteiger partial charge in [0.15, 0.2) is 6.10 Å². The van der Waals surface area contributed by atoms with Crippen LogP contribution >= 0.6 is 11.3 Å². The Morgan fingerprint density at radius 1 is 1.14 bits per heavy atom. The topological polar surface area (TPSA) is 76.5 Å². The van der Waals surface area contributed by atoms with Crippen LogP contribution < -0.4 is 5.32 Å². The third kappa shape index (κ3) is 5.04. The van der Waals surface area contributed by atoms with Crippen molar-refractivity contribution in [3.8, 4) is 11.1 Å². The van der Waals surface area contributed by atoms with Gasteiger partial charge in [-0.05, 0) is 68.3 Å². The zero-order valence-corrected chi connectivity index (χ0v) is 21.0. The minimum Gasteiger partial charge on any atom is -0.385 e. The van der Waals surface area contributed by atoms with Gasteiger partial charge in [-0.3, -0.25) is 9.78 Å². The molecule has 0 saturated heterocycles. The molecule has 1 aliphatic heterocycles. The Hall–Kier alpha value is -3.91. The molecule has 2 aromatic carbocycles. The highest BCUT2D eigenvalue weighted by Gasteiger charge is 2.26. The molecule has 2 atom stereocenters. The Morgan fingerprint density at radius 2 is 1.97 bits per heavy atom. The Kier molecular flexibility index (Phi) is 6.61. The first-order valence-corrected chi connectivity index (χ1v) is 12.5. The Labute approximate surface area is 212 Å². The first-order valence-electron chi connectivity index (χ1n) is 11.7. The number of hydrogen-bond donors (Lipinski definition) is 1. The van der Waals surface area contributed by atoms with E-state index in [9.17, 15) is 9.18 Å². The largest absolute Gasteiger partial charge is 0.385 e. The van der Waals surface area contributed by atoms with Crippen LogP contribution in [0.2, 0.25) is 0 Å². The Balaban J connectivity index is 1.49. The van der Waals surface area contributed by atoms with Crippen molar-refractivity contribution in [2.75, 3.05) is 0 Å². The zero-order chi connectivity index (χ0) is 25.2. The van der Waals surface area contributed by atoms with Gasteiger partial charge in [-0.25, -0.2) is 9.37 Å². The third-order valence-corrected chi connectivity index (χ3v) is 6.87. The van der Waals surface area contributed by atoms with Crippen molar-refractivity contribution in [3.05, 3.63) is 105 Å². The number of halogens is 1. The summed E-state index contributed by atoms with van der Waals surface area (Å²) in [5, 5.41) is 10.2. The molecule has 2 unspecified atom stereocenters. The van der Waals surface area contributed by atoms with Gasteiger partial charge in [0.2, 0.25) is 0 Å². The van der Waals surface area contributed by atoms with E-state index in [4.69, 9.17) is 4.84 Å². The quantitative estimate of drug-likeness (QED) is 0.336. The van der Waals surface area contributed by atoms with Crippen LogP contribution in [0.4, 0.5) is 4.39 Å². The van der Waals surface area contributed by atoms with E-state index in [1.54, 1.807) is 24.4 Å². The molecular weight excluding hydrogens is 475 g/mol. The van der Waals surface area contributed by atoms with E-state index < -0.39 is 0 Å². The van der Waals surface area contributed by atoms with Gasteiger partial charge < -0.3 is 10.2 Å². The van der Waals surface area contributed by atoms with Crippen LogP contribution in [0.25, 0.3) is 11.1 Å². The molecule has 0 radical (unpaired) electrons. The highest BCUT2D eigenvalue weighted by molar-refractivity contribution is 7.09. The van der Waals surface area contributed by atoms with Crippen LogP contribution in [0.5, 0.6) is 0 Å². The average molecular weight is 501 g/mol. The molecule has 4 aromatic rings. The molecule has 6 nitrogen and oxygen atoms in total. The van der Waals surface area contributed by atoms with Crippen molar-refractivity contribution in [2.24, 2.45) is 5.16 Å². The summed E-state index contributed by atoms with van der Waals surface area (Å²) in [5.74, 6) is -0.620.